The van der Waals surface area contributed by atoms with Crippen molar-refractivity contribution >= 4 is 0 Å². The van der Waals surface area contributed by atoms with Gasteiger partial charge in [0, 0.05) is 0 Å². The molecular weight excluding hydrogens is 206 g/mol. The highest BCUT2D eigenvalue weighted by molar-refractivity contribution is 5.30. The molecule has 0 amide bonds. The van der Waals surface area contributed by atoms with Gasteiger partial charge in [-0.05, 0) is 30.9 Å². The molecule has 0 saturated carbocycles. The molecule has 2 N–H and O–H groups in total. The summed E-state index contributed by atoms with van der Waals surface area (Å²) in [5.74, 6) is 0. The quantitative estimate of drug-likeness (QED) is 0.658. The summed E-state index contributed by atoms with van der Waals surface area (Å²) < 4.78 is 0. The molecule has 0 aliphatic carbocycles. The zero-order chi connectivity index (χ0) is 12.5. The number of aryl methyl sites for hydroxylation is 1. The Morgan fingerprint density at radius 1 is 0.941 bits per heavy atom. The summed E-state index contributed by atoms with van der Waals surface area (Å²) in [6, 6.07) is 9.56. The van der Waals surface area contributed by atoms with Crippen LogP contribution in [-0.2, 0) is 6.42 Å². The minimum absolute atomic E-state index is 0.899. The molecule has 0 saturated heterocycles. The molecule has 0 unspecified atom stereocenters. The van der Waals surface area contributed by atoms with Crippen LogP contribution in [0.15, 0.2) is 24.3 Å². The van der Waals surface area contributed by atoms with Gasteiger partial charge in [0.25, 0.3) is 0 Å². The molecular formula is C16H26N. The summed E-state index contributed by atoms with van der Waals surface area (Å²) in [6.45, 7) is 4.21. The Labute approximate surface area is 106 Å². The van der Waals surface area contributed by atoms with Gasteiger partial charge in [-0.15, -0.1) is 0 Å². The Bertz CT molecular complexity index is 287. The monoisotopic (exact) mass is 232 g/mol. The predicted molar refractivity (Wildman–Crippen MR) is 75.7 cm³/mol. The molecule has 0 atom stereocenters. The van der Waals surface area contributed by atoms with Crippen molar-refractivity contribution in [3.63, 3.8) is 0 Å². The Balaban J connectivity index is 2.19. The molecule has 1 rings (SSSR count). The van der Waals surface area contributed by atoms with Gasteiger partial charge in [-0.1, -0.05) is 63.3 Å². The highest BCUT2D eigenvalue weighted by Crippen LogP contribution is 2.13. The first-order valence-corrected chi connectivity index (χ1v) is 6.92. The molecule has 0 aliphatic heterocycles. The van der Waals surface area contributed by atoms with Gasteiger partial charge >= 0.3 is 0 Å². The van der Waals surface area contributed by atoms with Crippen molar-refractivity contribution in [1.29, 1.82) is 0 Å². The molecule has 0 fully saturated rings. The molecule has 1 aromatic rings. The second-order valence-corrected chi connectivity index (χ2v) is 4.90. The van der Waals surface area contributed by atoms with E-state index in [-0.39, 0.29) is 0 Å². The lowest BCUT2D eigenvalue weighted by Crippen LogP contribution is -2.05. The van der Waals surface area contributed by atoms with Gasteiger partial charge in [-0.25, -0.2) is 0 Å². The third-order valence-electron chi connectivity index (χ3n) is 3.23. The first-order chi connectivity index (χ1) is 8.24. The fourth-order valence-corrected chi connectivity index (χ4v) is 2.04. The maximum atomic E-state index is 5.75. The smallest absolute Gasteiger partial charge is 0.0603 e. The van der Waals surface area contributed by atoms with Crippen LogP contribution in [0.5, 0.6) is 0 Å². The number of rotatable bonds is 8. The molecule has 1 heteroatoms. The van der Waals surface area contributed by atoms with Gasteiger partial charge in [0.1, 0.15) is 0 Å². The molecule has 1 nitrogen and oxygen atoms in total. The summed E-state index contributed by atoms with van der Waals surface area (Å²) in [4.78, 5) is 0. The zero-order valence-electron chi connectivity index (χ0n) is 11.3. The number of nitrogens with two attached hydrogens (primary N) is 1. The molecule has 0 aliphatic rings. The molecule has 95 valence electrons. The first-order valence-electron chi connectivity index (χ1n) is 6.92. The number of benzene rings is 1. The van der Waals surface area contributed by atoms with E-state index in [0.717, 1.165) is 11.6 Å². The van der Waals surface area contributed by atoms with E-state index in [1.807, 2.05) is 6.92 Å². The van der Waals surface area contributed by atoms with Crippen molar-refractivity contribution in [2.75, 3.05) is 0 Å². The third-order valence-corrected chi connectivity index (χ3v) is 3.23. The zero-order valence-corrected chi connectivity index (χ0v) is 11.3. The van der Waals surface area contributed by atoms with Crippen molar-refractivity contribution < 1.29 is 0 Å². The third kappa shape index (κ3) is 5.88. The average molecular weight is 232 g/mol. The van der Waals surface area contributed by atoms with E-state index in [0.29, 0.717) is 0 Å². The lowest BCUT2D eigenvalue weighted by molar-refractivity contribution is 0.607. The maximum absolute atomic E-state index is 5.75. The number of hydrogen-bond acceptors (Lipinski definition) is 1. The Kier molecular flexibility index (Phi) is 6.95. The number of hydrogen-bond donors (Lipinski definition) is 1. The minimum atomic E-state index is 0.899. The Morgan fingerprint density at radius 2 is 1.53 bits per heavy atom. The van der Waals surface area contributed by atoms with E-state index in [4.69, 9.17) is 5.73 Å². The molecule has 0 bridgehead atoms. The van der Waals surface area contributed by atoms with Crippen molar-refractivity contribution in [1.82, 2.24) is 0 Å². The van der Waals surface area contributed by atoms with Gasteiger partial charge in [0.2, 0.25) is 0 Å². The molecule has 0 heterocycles. The van der Waals surface area contributed by atoms with Crippen molar-refractivity contribution in [2.24, 2.45) is 5.73 Å². The highest BCUT2D eigenvalue weighted by atomic mass is 14.6. The predicted octanol–water partition coefficient (Wildman–Crippen LogP) is 4.45. The summed E-state index contributed by atoms with van der Waals surface area (Å²) in [6.07, 6.45) is 9.39. The Morgan fingerprint density at radius 3 is 2.12 bits per heavy atom. The van der Waals surface area contributed by atoms with E-state index >= 15 is 0 Å². The van der Waals surface area contributed by atoms with Crippen molar-refractivity contribution in [2.45, 2.75) is 58.8 Å². The van der Waals surface area contributed by atoms with Crippen LogP contribution in [0.1, 0.15) is 63.5 Å². The summed E-state index contributed by atoms with van der Waals surface area (Å²) in [5, 5.41) is 0. The van der Waals surface area contributed by atoms with Crippen LogP contribution in [-0.4, -0.2) is 0 Å². The lowest BCUT2D eigenvalue weighted by Gasteiger charge is -2.06. The van der Waals surface area contributed by atoms with Gasteiger partial charge in [0.15, 0.2) is 0 Å². The van der Waals surface area contributed by atoms with Crippen molar-refractivity contribution in [3.8, 4) is 0 Å². The summed E-state index contributed by atoms with van der Waals surface area (Å²) in [7, 11) is 0. The lowest BCUT2D eigenvalue weighted by atomic mass is 10.0. The SMILES string of the molecule is CCCCCCCCc1ccc([C](C)N)cc1. The van der Waals surface area contributed by atoms with E-state index in [2.05, 4.69) is 31.2 Å². The van der Waals surface area contributed by atoms with Gasteiger partial charge < -0.3 is 5.73 Å². The molecule has 17 heavy (non-hydrogen) atoms. The van der Waals surface area contributed by atoms with Crippen LogP contribution in [0.4, 0.5) is 0 Å². The largest absolute Gasteiger partial charge is 0.320 e. The van der Waals surface area contributed by atoms with Gasteiger partial charge in [-0.2, -0.15) is 0 Å². The number of unbranched alkanes of at least 4 members (excludes halogenated alkanes) is 5. The van der Waals surface area contributed by atoms with Crippen molar-refractivity contribution in [3.05, 3.63) is 41.4 Å². The summed E-state index contributed by atoms with van der Waals surface area (Å²) in [5.41, 5.74) is 8.33. The fraction of sp³-hybridized carbons (Fsp3) is 0.562. The first kappa shape index (κ1) is 14.2. The average Bonchev–Trinajstić information content (AvgIpc) is 2.34. The molecule has 1 aromatic carbocycles. The van der Waals surface area contributed by atoms with Gasteiger partial charge in [-0.3, -0.25) is 0 Å². The van der Waals surface area contributed by atoms with E-state index in [1.165, 1.54) is 50.5 Å². The van der Waals surface area contributed by atoms with E-state index in [1.54, 1.807) is 0 Å². The van der Waals surface area contributed by atoms with Crippen LogP contribution >= 0.6 is 0 Å². The van der Waals surface area contributed by atoms with Crippen LogP contribution < -0.4 is 5.73 Å². The Hall–Kier alpha value is -0.820. The molecule has 0 spiro atoms. The standard InChI is InChI=1S/C16H26N/c1-3-4-5-6-7-8-9-15-10-12-16(13-11-15)14(2)17/h10-13H,3-9,17H2,1-2H3. The normalized spacial score (nSPS) is 11.1. The van der Waals surface area contributed by atoms with Gasteiger partial charge in [0.05, 0.1) is 6.04 Å². The fourth-order valence-electron chi connectivity index (χ4n) is 2.04. The van der Waals surface area contributed by atoms with Crippen LogP contribution in [0.2, 0.25) is 0 Å². The van der Waals surface area contributed by atoms with E-state index in [9.17, 15) is 0 Å². The van der Waals surface area contributed by atoms with Crippen LogP contribution in [0.25, 0.3) is 0 Å². The minimum Gasteiger partial charge on any atom is -0.320 e. The maximum Gasteiger partial charge on any atom is 0.0603 e. The second-order valence-electron chi connectivity index (χ2n) is 4.90. The van der Waals surface area contributed by atoms with Crippen LogP contribution in [0.3, 0.4) is 0 Å². The van der Waals surface area contributed by atoms with Crippen LogP contribution in [0, 0.1) is 6.04 Å². The highest BCUT2D eigenvalue weighted by Gasteiger charge is 1.99. The second kappa shape index (κ2) is 8.30. The topological polar surface area (TPSA) is 26.0 Å². The van der Waals surface area contributed by atoms with E-state index < -0.39 is 0 Å². The molecule has 1 radical (unpaired) electrons. The summed E-state index contributed by atoms with van der Waals surface area (Å²) >= 11 is 0. The molecule has 0 aromatic heterocycles.